The Kier molecular flexibility index (Phi) is 4.17. The molecule has 4 nitrogen and oxygen atoms in total. The molecule has 88 valence electrons. The summed E-state index contributed by atoms with van der Waals surface area (Å²) in [5.74, 6) is -1.14. The molecule has 1 heterocycles. The lowest BCUT2D eigenvalue weighted by Crippen LogP contribution is -2.08. The molecule has 1 aromatic heterocycles. The predicted molar refractivity (Wildman–Crippen MR) is 54.8 cm³/mol. The predicted octanol–water partition coefficient (Wildman–Crippen LogP) is 2.42. The Morgan fingerprint density at radius 2 is 2.31 bits per heavy atom. The highest BCUT2D eigenvalue weighted by molar-refractivity contribution is 9.10. The maximum Gasteiger partial charge on any atom is 0.308 e. The zero-order chi connectivity index (χ0) is 12.3. The van der Waals surface area contributed by atoms with Crippen LogP contribution in [0.15, 0.2) is 10.7 Å². The molecule has 0 fully saturated rings. The summed E-state index contributed by atoms with van der Waals surface area (Å²) in [4.78, 5) is 14.1. The van der Waals surface area contributed by atoms with Crippen LogP contribution in [-0.4, -0.2) is 23.2 Å². The molecule has 0 bridgehead atoms. The maximum absolute atomic E-state index is 12.6. The number of ether oxygens (including phenoxy) is 1. The van der Waals surface area contributed by atoms with Gasteiger partial charge in [0.1, 0.15) is 16.0 Å². The molecule has 0 aromatic carbocycles. The molecule has 1 N–H and O–H groups in total. The number of hydrogen-bond acceptors (Lipinski definition) is 3. The lowest BCUT2D eigenvalue weighted by molar-refractivity contribution is -0.136. The minimum absolute atomic E-state index is 0.0829. The Morgan fingerprint density at radius 1 is 1.69 bits per heavy atom. The summed E-state index contributed by atoms with van der Waals surface area (Å²) in [6.45, 7) is 0. The number of carbonyl (C=O) groups is 1. The summed E-state index contributed by atoms with van der Waals surface area (Å²) in [5.41, 5.74) is -0.679. The first-order valence-electron chi connectivity index (χ1n) is 4.19. The highest BCUT2D eigenvalue weighted by Gasteiger charge is 2.21. The Hall–Kier alpha value is -1.24. The molecule has 0 aliphatic carbocycles. The standard InChI is InChI=1S/C9H8BrF2NO3/c1-16-5-3-6(10)13-8(9(11)12)4(5)2-7(14)15/h3,9H,2H2,1H3,(H,14,15). The highest BCUT2D eigenvalue weighted by Crippen LogP contribution is 2.31. The third-order valence-electron chi connectivity index (χ3n) is 1.84. The fourth-order valence-corrected chi connectivity index (χ4v) is 1.63. The lowest BCUT2D eigenvalue weighted by atomic mass is 10.1. The van der Waals surface area contributed by atoms with E-state index >= 15 is 0 Å². The molecule has 7 heteroatoms. The van der Waals surface area contributed by atoms with Crippen molar-refractivity contribution in [1.29, 1.82) is 0 Å². The van der Waals surface area contributed by atoms with Gasteiger partial charge in [0.25, 0.3) is 6.43 Å². The molecule has 1 aromatic rings. The van der Waals surface area contributed by atoms with Crippen LogP contribution in [0.4, 0.5) is 8.78 Å². The van der Waals surface area contributed by atoms with Crippen molar-refractivity contribution in [2.75, 3.05) is 7.11 Å². The Morgan fingerprint density at radius 3 is 2.75 bits per heavy atom. The van der Waals surface area contributed by atoms with Crippen LogP contribution < -0.4 is 4.74 Å². The minimum Gasteiger partial charge on any atom is -0.496 e. The number of alkyl halides is 2. The van der Waals surface area contributed by atoms with E-state index in [0.717, 1.165) is 0 Å². The number of nitrogens with zero attached hydrogens (tertiary/aromatic N) is 1. The summed E-state index contributed by atoms with van der Waals surface area (Å²) in [6, 6.07) is 1.35. The molecule has 0 radical (unpaired) electrons. The summed E-state index contributed by atoms with van der Waals surface area (Å²) in [5, 5.41) is 8.62. The Bertz CT molecular complexity index is 412. The van der Waals surface area contributed by atoms with E-state index in [1.165, 1.54) is 13.2 Å². The largest absolute Gasteiger partial charge is 0.496 e. The van der Waals surface area contributed by atoms with E-state index in [1.807, 2.05) is 0 Å². The molecule has 0 spiro atoms. The number of aromatic nitrogens is 1. The number of methoxy groups -OCH3 is 1. The van der Waals surface area contributed by atoms with Crippen molar-refractivity contribution in [3.63, 3.8) is 0 Å². The number of halogens is 3. The second-order valence-corrected chi connectivity index (χ2v) is 3.69. The van der Waals surface area contributed by atoms with Crippen LogP contribution in [-0.2, 0) is 11.2 Å². The van der Waals surface area contributed by atoms with Gasteiger partial charge in [0, 0.05) is 11.6 Å². The average molecular weight is 296 g/mol. The smallest absolute Gasteiger partial charge is 0.308 e. The SMILES string of the molecule is COc1cc(Br)nc(C(F)F)c1CC(=O)O. The van der Waals surface area contributed by atoms with Crippen LogP contribution in [0.25, 0.3) is 0 Å². The van der Waals surface area contributed by atoms with Gasteiger partial charge in [-0.3, -0.25) is 4.79 Å². The van der Waals surface area contributed by atoms with Gasteiger partial charge < -0.3 is 9.84 Å². The van der Waals surface area contributed by atoms with E-state index in [1.54, 1.807) is 0 Å². The van der Waals surface area contributed by atoms with Crippen LogP contribution in [0.3, 0.4) is 0 Å². The second kappa shape index (κ2) is 5.20. The molecule has 0 aliphatic heterocycles. The summed E-state index contributed by atoms with van der Waals surface area (Å²) < 4.78 is 30.3. The number of carboxylic acid groups (broad SMARTS) is 1. The number of rotatable bonds is 4. The first kappa shape index (κ1) is 12.8. The van der Waals surface area contributed by atoms with Gasteiger partial charge in [-0.15, -0.1) is 0 Å². The fourth-order valence-electron chi connectivity index (χ4n) is 1.23. The molecular formula is C9H8BrF2NO3. The quantitative estimate of drug-likeness (QED) is 0.867. The first-order valence-corrected chi connectivity index (χ1v) is 4.98. The number of aliphatic carboxylic acids is 1. The van der Waals surface area contributed by atoms with Gasteiger partial charge in [0.15, 0.2) is 0 Å². The van der Waals surface area contributed by atoms with Gasteiger partial charge in [-0.1, -0.05) is 0 Å². The van der Waals surface area contributed by atoms with Crippen LogP contribution in [0.2, 0.25) is 0 Å². The van der Waals surface area contributed by atoms with Crippen molar-refractivity contribution >= 4 is 21.9 Å². The Balaban J connectivity index is 3.32. The van der Waals surface area contributed by atoms with E-state index in [0.29, 0.717) is 0 Å². The fraction of sp³-hybridized carbons (Fsp3) is 0.333. The normalized spacial score (nSPS) is 10.6. The summed E-state index contributed by atoms with van der Waals surface area (Å²) in [7, 11) is 1.28. The van der Waals surface area contributed by atoms with Crippen molar-refractivity contribution in [3.05, 3.63) is 21.9 Å². The first-order chi connectivity index (χ1) is 7.45. The number of pyridine rings is 1. The van der Waals surface area contributed by atoms with E-state index in [2.05, 4.69) is 20.9 Å². The van der Waals surface area contributed by atoms with Gasteiger partial charge >= 0.3 is 5.97 Å². The number of hydrogen-bond donors (Lipinski definition) is 1. The van der Waals surface area contributed by atoms with Gasteiger partial charge in [-0.25, -0.2) is 13.8 Å². The molecular weight excluding hydrogens is 288 g/mol. The van der Waals surface area contributed by atoms with E-state index < -0.39 is 24.5 Å². The molecule has 0 amide bonds. The zero-order valence-corrected chi connectivity index (χ0v) is 9.79. The average Bonchev–Trinajstić information content (AvgIpc) is 2.19. The van der Waals surface area contributed by atoms with Gasteiger partial charge in [0.05, 0.1) is 13.5 Å². The maximum atomic E-state index is 12.6. The zero-order valence-electron chi connectivity index (χ0n) is 8.21. The number of carboxylic acids is 1. The van der Waals surface area contributed by atoms with Crippen LogP contribution in [0, 0.1) is 0 Å². The lowest BCUT2D eigenvalue weighted by Gasteiger charge is -2.11. The van der Waals surface area contributed by atoms with E-state index in [4.69, 9.17) is 9.84 Å². The minimum atomic E-state index is -2.85. The van der Waals surface area contributed by atoms with Gasteiger partial charge in [0.2, 0.25) is 0 Å². The van der Waals surface area contributed by atoms with Crippen LogP contribution in [0.5, 0.6) is 5.75 Å². The van der Waals surface area contributed by atoms with Crippen molar-refractivity contribution in [3.8, 4) is 5.75 Å². The molecule has 16 heavy (non-hydrogen) atoms. The summed E-state index contributed by atoms with van der Waals surface area (Å²) >= 11 is 2.95. The van der Waals surface area contributed by atoms with Gasteiger partial charge in [-0.2, -0.15) is 0 Å². The van der Waals surface area contributed by atoms with Crippen molar-refractivity contribution in [2.45, 2.75) is 12.8 Å². The highest BCUT2D eigenvalue weighted by atomic mass is 79.9. The molecule has 0 saturated carbocycles. The van der Waals surface area contributed by atoms with Crippen molar-refractivity contribution < 1.29 is 23.4 Å². The van der Waals surface area contributed by atoms with Crippen molar-refractivity contribution in [2.24, 2.45) is 0 Å². The van der Waals surface area contributed by atoms with Crippen molar-refractivity contribution in [1.82, 2.24) is 4.98 Å². The topological polar surface area (TPSA) is 59.4 Å². The second-order valence-electron chi connectivity index (χ2n) is 2.88. The molecule has 0 aliphatic rings. The van der Waals surface area contributed by atoms with Crippen LogP contribution >= 0.6 is 15.9 Å². The van der Waals surface area contributed by atoms with Crippen LogP contribution in [0.1, 0.15) is 17.7 Å². The Labute approximate surface area is 98.4 Å². The third kappa shape index (κ3) is 2.88. The third-order valence-corrected chi connectivity index (χ3v) is 2.24. The molecule has 0 atom stereocenters. The van der Waals surface area contributed by atoms with E-state index in [9.17, 15) is 13.6 Å². The molecule has 0 unspecified atom stereocenters. The summed E-state index contributed by atoms with van der Waals surface area (Å²) in [6.07, 6.45) is -3.40. The monoisotopic (exact) mass is 295 g/mol. The van der Waals surface area contributed by atoms with E-state index in [-0.39, 0.29) is 15.9 Å². The van der Waals surface area contributed by atoms with Gasteiger partial charge in [-0.05, 0) is 15.9 Å². The molecule has 0 saturated heterocycles. The molecule has 1 rings (SSSR count).